The lowest BCUT2D eigenvalue weighted by molar-refractivity contribution is 0.199. The Morgan fingerprint density at radius 2 is 1.92 bits per heavy atom. The van der Waals surface area contributed by atoms with E-state index in [9.17, 15) is 0 Å². The summed E-state index contributed by atoms with van der Waals surface area (Å²) in [6, 6.07) is 9.25. The molecule has 0 aliphatic carbocycles. The fourth-order valence-corrected chi connectivity index (χ4v) is 2.93. The van der Waals surface area contributed by atoms with E-state index in [0.717, 1.165) is 30.8 Å². The molecule has 0 bridgehead atoms. The molecule has 1 unspecified atom stereocenters. The van der Waals surface area contributed by atoms with Crippen LogP contribution in [0, 0.1) is 0 Å². The normalized spacial score (nSPS) is 17.7. The number of aromatic nitrogens is 1. The van der Waals surface area contributed by atoms with Crippen LogP contribution in [0.5, 0.6) is 17.2 Å². The molecule has 128 valence electrons. The Hall–Kier alpha value is -2.47. The van der Waals surface area contributed by atoms with Crippen LogP contribution in [0.3, 0.4) is 0 Å². The average molecular weight is 329 g/mol. The summed E-state index contributed by atoms with van der Waals surface area (Å²) in [4.78, 5) is 6.61. The van der Waals surface area contributed by atoms with Crippen LogP contribution >= 0.6 is 0 Å². The minimum Gasteiger partial charge on any atom is -0.496 e. The Labute approximate surface area is 142 Å². The highest BCUT2D eigenvalue weighted by Gasteiger charge is 2.23. The van der Waals surface area contributed by atoms with Crippen molar-refractivity contribution >= 4 is 5.82 Å². The topological polar surface area (TPSA) is 69.8 Å². The molecule has 2 heterocycles. The van der Waals surface area contributed by atoms with E-state index in [-0.39, 0.29) is 6.10 Å². The number of rotatable bonds is 5. The van der Waals surface area contributed by atoms with Gasteiger partial charge in [-0.25, -0.2) is 4.98 Å². The Balaban J connectivity index is 1.97. The van der Waals surface area contributed by atoms with Crippen molar-refractivity contribution in [2.24, 2.45) is 0 Å². The quantitative estimate of drug-likeness (QED) is 0.908. The first-order chi connectivity index (χ1) is 11.6. The summed E-state index contributed by atoms with van der Waals surface area (Å²) in [6.45, 7) is 1.94. The summed E-state index contributed by atoms with van der Waals surface area (Å²) in [5.41, 5.74) is 7.35. The molecule has 6 heteroatoms. The maximum Gasteiger partial charge on any atom is 0.165 e. The predicted molar refractivity (Wildman–Crippen MR) is 93.7 cm³/mol. The minimum atomic E-state index is 0.157. The van der Waals surface area contributed by atoms with Crippen molar-refractivity contribution in [3.63, 3.8) is 0 Å². The SMILES string of the molecule is COc1cc(-c2cccc(N)n2)c(OC)cc1OC1CCN(C)C1. The first kappa shape index (κ1) is 16.4. The number of anilines is 1. The molecule has 1 fully saturated rings. The molecule has 2 N–H and O–H groups in total. The van der Waals surface area contributed by atoms with Gasteiger partial charge in [-0.3, -0.25) is 0 Å². The minimum absolute atomic E-state index is 0.157. The number of hydrogen-bond donors (Lipinski definition) is 1. The van der Waals surface area contributed by atoms with E-state index in [2.05, 4.69) is 16.9 Å². The standard InChI is InChI=1S/C18H23N3O3/c1-21-8-7-12(11-21)24-17-10-15(22-2)13(9-16(17)23-3)14-5-4-6-18(19)20-14/h4-6,9-10,12H,7-8,11H2,1-3H3,(H2,19,20). The first-order valence-corrected chi connectivity index (χ1v) is 7.95. The van der Waals surface area contributed by atoms with Crippen molar-refractivity contribution in [1.29, 1.82) is 0 Å². The molecule has 6 nitrogen and oxygen atoms in total. The van der Waals surface area contributed by atoms with Gasteiger partial charge in [0.2, 0.25) is 0 Å². The van der Waals surface area contributed by atoms with Crippen molar-refractivity contribution in [1.82, 2.24) is 9.88 Å². The second-order valence-electron chi connectivity index (χ2n) is 5.94. The largest absolute Gasteiger partial charge is 0.496 e. The Bertz CT molecular complexity index is 721. The maximum atomic E-state index is 6.13. The third-order valence-corrected chi connectivity index (χ3v) is 4.17. The predicted octanol–water partition coefficient (Wildman–Crippen LogP) is 2.43. The molecule has 1 aliphatic rings. The fraction of sp³-hybridized carbons (Fsp3) is 0.389. The molecular weight excluding hydrogens is 306 g/mol. The van der Waals surface area contributed by atoms with Crippen molar-refractivity contribution in [3.8, 4) is 28.5 Å². The molecule has 3 rings (SSSR count). The van der Waals surface area contributed by atoms with E-state index in [1.807, 2.05) is 24.3 Å². The van der Waals surface area contributed by atoms with Crippen LogP contribution in [0.15, 0.2) is 30.3 Å². The summed E-state index contributed by atoms with van der Waals surface area (Å²) in [6.07, 6.45) is 1.16. The number of ether oxygens (including phenoxy) is 3. The van der Waals surface area contributed by atoms with Crippen LogP contribution < -0.4 is 19.9 Å². The molecular formula is C18H23N3O3. The Kier molecular flexibility index (Phi) is 4.76. The van der Waals surface area contributed by atoms with Crippen molar-refractivity contribution in [2.45, 2.75) is 12.5 Å². The van der Waals surface area contributed by atoms with Crippen molar-refractivity contribution < 1.29 is 14.2 Å². The molecule has 1 saturated heterocycles. The molecule has 0 saturated carbocycles. The number of hydrogen-bond acceptors (Lipinski definition) is 6. The zero-order chi connectivity index (χ0) is 17.1. The van der Waals surface area contributed by atoms with Crippen LogP contribution in [0.4, 0.5) is 5.82 Å². The number of likely N-dealkylation sites (tertiary alicyclic amines) is 1. The lowest BCUT2D eigenvalue weighted by Gasteiger charge is -2.19. The average Bonchev–Trinajstić information content (AvgIpc) is 2.99. The molecule has 0 spiro atoms. The summed E-state index contributed by atoms with van der Waals surface area (Å²) < 4.78 is 17.2. The fourth-order valence-electron chi connectivity index (χ4n) is 2.93. The van der Waals surface area contributed by atoms with Crippen LogP contribution in [-0.2, 0) is 0 Å². The Morgan fingerprint density at radius 3 is 2.54 bits per heavy atom. The van der Waals surface area contributed by atoms with Gasteiger partial charge in [0.1, 0.15) is 17.7 Å². The van der Waals surface area contributed by atoms with E-state index in [1.54, 1.807) is 20.3 Å². The van der Waals surface area contributed by atoms with E-state index < -0.39 is 0 Å². The van der Waals surface area contributed by atoms with E-state index in [0.29, 0.717) is 23.1 Å². The number of benzene rings is 1. The van der Waals surface area contributed by atoms with Crippen LogP contribution in [0.1, 0.15) is 6.42 Å². The smallest absolute Gasteiger partial charge is 0.165 e. The summed E-state index contributed by atoms with van der Waals surface area (Å²) in [7, 11) is 5.35. The summed E-state index contributed by atoms with van der Waals surface area (Å²) in [5, 5.41) is 0. The van der Waals surface area contributed by atoms with Crippen LogP contribution in [0.25, 0.3) is 11.3 Å². The van der Waals surface area contributed by atoms with Gasteiger partial charge >= 0.3 is 0 Å². The number of nitrogen functional groups attached to an aromatic ring is 1. The third kappa shape index (κ3) is 3.38. The highest BCUT2D eigenvalue weighted by Crippen LogP contribution is 2.40. The van der Waals surface area contributed by atoms with Gasteiger partial charge in [0.25, 0.3) is 0 Å². The van der Waals surface area contributed by atoms with Gasteiger partial charge in [-0.2, -0.15) is 0 Å². The zero-order valence-corrected chi connectivity index (χ0v) is 14.3. The van der Waals surface area contributed by atoms with E-state index in [4.69, 9.17) is 19.9 Å². The van der Waals surface area contributed by atoms with Gasteiger partial charge in [-0.15, -0.1) is 0 Å². The zero-order valence-electron chi connectivity index (χ0n) is 14.3. The number of pyridine rings is 1. The van der Waals surface area contributed by atoms with Gasteiger partial charge in [0.15, 0.2) is 11.5 Å². The highest BCUT2D eigenvalue weighted by atomic mass is 16.5. The van der Waals surface area contributed by atoms with Crippen molar-refractivity contribution in [2.75, 3.05) is 40.1 Å². The first-order valence-electron chi connectivity index (χ1n) is 7.95. The van der Waals surface area contributed by atoms with Crippen molar-refractivity contribution in [3.05, 3.63) is 30.3 Å². The molecule has 1 aromatic heterocycles. The van der Waals surface area contributed by atoms with Crippen LogP contribution in [-0.4, -0.2) is 50.3 Å². The molecule has 1 aliphatic heterocycles. The lowest BCUT2D eigenvalue weighted by atomic mass is 10.1. The lowest BCUT2D eigenvalue weighted by Crippen LogP contribution is -2.21. The molecule has 24 heavy (non-hydrogen) atoms. The number of likely N-dealkylation sites (N-methyl/N-ethyl adjacent to an activating group) is 1. The molecule has 1 aromatic carbocycles. The second-order valence-corrected chi connectivity index (χ2v) is 5.94. The number of methoxy groups -OCH3 is 2. The molecule has 0 amide bonds. The molecule has 2 aromatic rings. The highest BCUT2D eigenvalue weighted by molar-refractivity contribution is 5.72. The summed E-state index contributed by atoms with van der Waals surface area (Å²) in [5.74, 6) is 2.48. The van der Waals surface area contributed by atoms with E-state index >= 15 is 0 Å². The van der Waals surface area contributed by atoms with Gasteiger partial charge in [-0.05, 0) is 31.7 Å². The Morgan fingerprint density at radius 1 is 1.12 bits per heavy atom. The summed E-state index contributed by atoms with van der Waals surface area (Å²) >= 11 is 0. The van der Waals surface area contributed by atoms with Gasteiger partial charge in [0, 0.05) is 24.7 Å². The third-order valence-electron chi connectivity index (χ3n) is 4.17. The van der Waals surface area contributed by atoms with Crippen LogP contribution in [0.2, 0.25) is 0 Å². The monoisotopic (exact) mass is 329 g/mol. The van der Waals surface area contributed by atoms with Gasteiger partial charge in [-0.1, -0.05) is 6.07 Å². The number of nitrogens with zero attached hydrogens (tertiary/aromatic N) is 2. The van der Waals surface area contributed by atoms with Gasteiger partial charge < -0.3 is 24.8 Å². The maximum absolute atomic E-state index is 6.13. The number of nitrogens with two attached hydrogens (primary N) is 1. The second kappa shape index (κ2) is 6.97. The molecule has 1 atom stereocenters. The van der Waals surface area contributed by atoms with Gasteiger partial charge in [0.05, 0.1) is 19.9 Å². The molecule has 0 radical (unpaired) electrons. The van der Waals surface area contributed by atoms with E-state index in [1.165, 1.54) is 0 Å².